The zero-order valence-corrected chi connectivity index (χ0v) is 18.6. The molecule has 0 aliphatic rings. The van der Waals surface area contributed by atoms with Crippen molar-refractivity contribution in [2.45, 2.75) is 24.3 Å². The number of carbonyl (C=O) groups excluding carboxylic acids is 1. The van der Waals surface area contributed by atoms with Crippen LogP contribution in [0.4, 0.5) is 0 Å². The number of Topliss-reactive ketones (excluding diaryl/α,β-unsaturated/α-hetero) is 1. The number of ketones is 1. The summed E-state index contributed by atoms with van der Waals surface area (Å²) >= 11 is 13.9. The summed E-state index contributed by atoms with van der Waals surface area (Å²) in [7, 11) is 3.13. The predicted octanol–water partition coefficient (Wildman–Crippen LogP) is 5.33. The summed E-state index contributed by atoms with van der Waals surface area (Å²) in [5.41, 5.74) is 1.39. The van der Waals surface area contributed by atoms with Crippen LogP contribution in [0.15, 0.2) is 41.6 Å². The summed E-state index contributed by atoms with van der Waals surface area (Å²) in [5, 5.41) is 9.92. The summed E-state index contributed by atoms with van der Waals surface area (Å²) in [5.74, 6) is 1.71. The van der Waals surface area contributed by atoms with Gasteiger partial charge in [0.2, 0.25) is 0 Å². The molecule has 0 radical (unpaired) electrons. The molecule has 0 fully saturated rings. The average Bonchev–Trinajstić information content (AvgIpc) is 3.11. The van der Waals surface area contributed by atoms with Crippen molar-refractivity contribution in [3.05, 3.63) is 46.4 Å². The summed E-state index contributed by atoms with van der Waals surface area (Å²) < 4.78 is 12.6. The van der Waals surface area contributed by atoms with E-state index in [0.29, 0.717) is 38.1 Å². The summed E-state index contributed by atoms with van der Waals surface area (Å²) in [4.78, 5) is 11.8. The molecule has 1 unspecified atom stereocenters. The van der Waals surface area contributed by atoms with Gasteiger partial charge in [-0.1, -0.05) is 35.0 Å². The monoisotopic (exact) mass is 451 g/mol. The molecular formula is C20H19Cl2N3O3S. The van der Waals surface area contributed by atoms with Crippen LogP contribution < -0.4 is 9.47 Å². The number of carbonyl (C=O) groups is 1. The molecule has 3 aromatic rings. The maximum absolute atomic E-state index is 11.8. The number of hydrogen-bond acceptors (Lipinski definition) is 6. The Morgan fingerprint density at radius 1 is 1.07 bits per heavy atom. The summed E-state index contributed by atoms with van der Waals surface area (Å²) in [6.07, 6.45) is 0. The Hall–Kier alpha value is -2.22. The number of rotatable bonds is 7. The van der Waals surface area contributed by atoms with Crippen molar-refractivity contribution in [2.75, 3.05) is 14.2 Å². The molecule has 1 heterocycles. The van der Waals surface area contributed by atoms with Gasteiger partial charge in [-0.2, -0.15) is 0 Å². The highest BCUT2D eigenvalue weighted by atomic mass is 35.5. The Labute approximate surface area is 183 Å². The number of methoxy groups -OCH3 is 2. The molecule has 0 saturated carbocycles. The van der Waals surface area contributed by atoms with Gasteiger partial charge in [-0.3, -0.25) is 9.36 Å². The van der Waals surface area contributed by atoms with Gasteiger partial charge in [0.25, 0.3) is 0 Å². The first-order chi connectivity index (χ1) is 13.8. The number of hydrogen-bond donors (Lipinski definition) is 0. The van der Waals surface area contributed by atoms with E-state index in [1.54, 1.807) is 51.5 Å². The van der Waals surface area contributed by atoms with Crippen LogP contribution in [0, 0.1) is 0 Å². The molecule has 1 atom stereocenters. The lowest BCUT2D eigenvalue weighted by atomic mass is 10.2. The van der Waals surface area contributed by atoms with Crippen LogP contribution in [0.25, 0.3) is 17.1 Å². The van der Waals surface area contributed by atoms with E-state index in [0.717, 1.165) is 5.69 Å². The number of halogens is 2. The standard InChI is InChI=1S/C20H19Cl2N3O3S/c1-11(26)12(2)29-20-24-23-19(15-9-13(21)5-7-17(15)27-3)25(20)14-6-8-18(28-4)16(22)10-14/h5-10,12H,1-4H3. The lowest BCUT2D eigenvalue weighted by molar-refractivity contribution is -0.116. The number of benzene rings is 2. The van der Waals surface area contributed by atoms with Crippen molar-refractivity contribution in [3.63, 3.8) is 0 Å². The minimum atomic E-state index is -0.291. The van der Waals surface area contributed by atoms with Crippen molar-refractivity contribution in [1.29, 1.82) is 0 Å². The van der Waals surface area contributed by atoms with Gasteiger partial charge >= 0.3 is 0 Å². The SMILES string of the molecule is COc1ccc(-n2c(SC(C)C(C)=O)nnc2-c2cc(Cl)ccc2OC)cc1Cl. The van der Waals surface area contributed by atoms with E-state index >= 15 is 0 Å². The summed E-state index contributed by atoms with van der Waals surface area (Å²) in [6.45, 7) is 3.37. The Morgan fingerprint density at radius 2 is 1.76 bits per heavy atom. The lowest BCUT2D eigenvalue weighted by Crippen LogP contribution is -2.10. The van der Waals surface area contributed by atoms with Gasteiger partial charge in [0.15, 0.2) is 11.0 Å². The maximum Gasteiger partial charge on any atom is 0.196 e. The highest BCUT2D eigenvalue weighted by Crippen LogP contribution is 2.37. The molecule has 2 aromatic carbocycles. The van der Waals surface area contributed by atoms with Gasteiger partial charge in [-0.15, -0.1) is 10.2 Å². The molecule has 0 spiro atoms. The van der Waals surface area contributed by atoms with Crippen molar-refractivity contribution in [2.24, 2.45) is 0 Å². The molecule has 0 aliphatic carbocycles. The highest BCUT2D eigenvalue weighted by Gasteiger charge is 2.22. The van der Waals surface area contributed by atoms with E-state index in [2.05, 4.69) is 10.2 Å². The van der Waals surface area contributed by atoms with Gasteiger partial charge in [0.1, 0.15) is 17.3 Å². The van der Waals surface area contributed by atoms with E-state index in [-0.39, 0.29) is 11.0 Å². The minimum absolute atomic E-state index is 0.0409. The van der Waals surface area contributed by atoms with Gasteiger partial charge in [0.05, 0.1) is 35.7 Å². The van der Waals surface area contributed by atoms with Gasteiger partial charge < -0.3 is 9.47 Å². The molecule has 3 rings (SSSR count). The van der Waals surface area contributed by atoms with Crippen LogP contribution in [-0.4, -0.2) is 40.0 Å². The second kappa shape index (κ2) is 9.07. The second-order valence-electron chi connectivity index (χ2n) is 6.18. The Kier molecular flexibility index (Phi) is 6.72. The maximum atomic E-state index is 11.8. The molecule has 6 nitrogen and oxygen atoms in total. The Bertz CT molecular complexity index is 1060. The molecular weight excluding hydrogens is 433 g/mol. The third-order valence-corrected chi connectivity index (χ3v) is 5.98. The van der Waals surface area contributed by atoms with E-state index in [1.165, 1.54) is 11.8 Å². The topological polar surface area (TPSA) is 66.2 Å². The van der Waals surface area contributed by atoms with Gasteiger partial charge in [-0.05, 0) is 50.2 Å². The average molecular weight is 452 g/mol. The fraction of sp³-hybridized carbons (Fsp3) is 0.250. The minimum Gasteiger partial charge on any atom is -0.496 e. The highest BCUT2D eigenvalue weighted by molar-refractivity contribution is 8.00. The molecule has 0 amide bonds. The summed E-state index contributed by atoms with van der Waals surface area (Å²) in [6, 6.07) is 10.6. The molecule has 29 heavy (non-hydrogen) atoms. The van der Waals surface area contributed by atoms with Crippen LogP contribution in [0.5, 0.6) is 11.5 Å². The first kappa shape index (κ1) is 21.5. The zero-order valence-electron chi connectivity index (χ0n) is 16.3. The van der Waals surface area contributed by atoms with E-state index < -0.39 is 0 Å². The Morgan fingerprint density at radius 3 is 2.38 bits per heavy atom. The first-order valence-corrected chi connectivity index (χ1v) is 10.3. The van der Waals surface area contributed by atoms with Gasteiger partial charge in [-0.25, -0.2) is 0 Å². The van der Waals surface area contributed by atoms with E-state index in [1.807, 2.05) is 17.6 Å². The smallest absolute Gasteiger partial charge is 0.196 e. The zero-order chi connectivity index (χ0) is 21.1. The molecule has 0 bridgehead atoms. The number of thioether (sulfide) groups is 1. The quantitative estimate of drug-likeness (QED) is 0.452. The Balaban J connectivity index is 2.23. The van der Waals surface area contributed by atoms with Crippen molar-refractivity contribution in [1.82, 2.24) is 14.8 Å². The molecule has 0 N–H and O–H groups in total. The molecule has 0 aliphatic heterocycles. The number of nitrogens with zero attached hydrogens (tertiary/aromatic N) is 3. The normalized spacial score (nSPS) is 11.9. The van der Waals surface area contributed by atoms with Crippen molar-refractivity contribution in [3.8, 4) is 28.6 Å². The van der Waals surface area contributed by atoms with Crippen LogP contribution in [0.2, 0.25) is 10.0 Å². The predicted molar refractivity (Wildman–Crippen MR) is 116 cm³/mol. The third kappa shape index (κ3) is 4.52. The molecule has 9 heteroatoms. The van der Waals surface area contributed by atoms with Crippen molar-refractivity contribution < 1.29 is 14.3 Å². The second-order valence-corrected chi connectivity index (χ2v) is 8.33. The van der Waals surface area contributed by atoms with Crippen LogP contribution in [0.3, 0.4) is 0 Å². The third-order valence-electron chi connectivity index (χ3n) is 4.28. The fourth-order valence-electron chi connectivity index (χ4n) is 2.64. The number of ether oxygens (including phenoxy) is 2. The molecule has 1 aromatic heterocycles. The van der Waals surface area contributed by atoms with E-state index in [4.69, 9.17) is 32.7 Å². The van der Waals surface area contributed by atoms with Crippen LogP contribution in [-0.2, 0) is 4.79 Å². The molecule has 0 saturated heterocycles. The largest absolute Gasteiger partial charge is 0.496 e. The van der Waals surface area contributed by atoms with Crippen molar-refractivity contribution >= 4 is 40.7 Å². The fourth-order valence-corrected chi connectivity index (χ4v) is 3.94. The van der Waals surface area contributed by atoms with Crippen LogP contribution in [0.1, 0.15) is 13.8 Å². The number of aromatic nitrogens is 3. The van der Waals surface area contributed by atoms with Crippen LogP contribution >= 0.6 is 35.0 Å². The van der Waals surface area contributed by atoms with Gasteiger partial charge in [0, 0.05) is 5.02 Å². The molecule has 152 valence electrons. The first-order valence-electron chi connectivity index (χ1n) is 8.66. The lowest BCUT2D eigenvalue weighted by Gasteiger charge is -2.15. The van der Waals surface area contributed by atoms with E-state index in [9.17, 15) is 4.79 Å².